The fourth-order valence-electron chi connectivity index (χ4n) is 1.57. The van der Waals surface area contributed by atoms with Crippen molar-refractivity contribution in [1.29, 1.82) is 0 Å². The van der Waals surface area contributed by atoms with E-state index in [9.17, 15) is 9.90 Å². The Morgan fingerprint density at radius 2 is 1.95 bits per heavy atom. The highest BCUT2D eigenvalue weighted by Crippen LogP contribution is 2.26. The van der Waals surface area contributed by atoms with Crippen molar-refractivity contribution in [3.05, 3.63) is 23.8 Å². The van der Waals surface area contributed by atoms with Gasteiger partial charge in [0.15, 0.2) is 11.5 Å². The number of aliphatic hydroxyl groups is 1. The summed E-state index contributed by atoms with van der Waals surface area (Å²) in [6.07, 6.45) is 0. The number of benzene rings is 1. The first-order valence-corrected chi connectivity index (χ1v) is 6.80. The van der Waals surface area contributed by atoms with Crippen LogP contribution in [0, 0.1) is 0 Å². The van der Waals surface area contributed by atoms with Gasteiger partial charge in [0.2, 0.25) is 0 Å². The number of ether oxygens (including phenoxy) is 2. The van der Waals surface area contributed by atoms with Crippen molar-refractivity contribution in [1.82, 2.24) is 5.32 Å². The second kappa shape index (κ2) is 7.85. The molecule has 118 valence electrons. The zero-order chi connectivity index (χ0) is 15.9. The summed E-state index contributed by atoms with van der Waals surface area (Å²) in [6.45, 7) is 6.43. The van der Waals surface area contributed by atoms with Crippen LogP contribution in [0.1, 0.15) is 31.1 Å². The summed E-state index contributed by atoms with van der Waals surface area (Å²) < 4.78 is 10.4. The van der Waals surface area contributed by atoms with E-state index in [0.29, 0.717) is 12.2 Å². The molecular formula is C15H23NO5. The van der Waals surface area contributed by atoms with Gasteiger partial charge in [-0.15, -0.1) is 0 Å². The Morgan fingerprint density at radius 1 is 1.24 bits per heavy atom. The summed E-state index contributed by atoms with van der Waals surface area (Å²) in [6, 6.07) is 4.49. The van der Waals surface area contributed by atoms with Crippen molar-refractivity contribution >= 4 is 5.91 Å². The highest BCUT2D eigenvalue weighted by molar-refractivity contribution is 5.95. The normalized spacial score (nSPS) is 11.2. The molecule has 0 saturated carbocycles. The zero-order valence-electron chi connectivity index (χ0n) is 12.7. The summed E-state index contributed by atoms with van der Waals surface area (Å²) in [5, 5.41) is 21.2. The summed E-state index contributed by atoms with van der Waals surface area (Å²) in [4.78, 5) is 11.9. The standard InChI is InChI=1S/C15H23NO5/c1-15(2,3)16-14(19)11-4-5-13(12(18)10-11)21-9-8-20-7-6-17/h4-5,10,17-18H,6-9H2,1-3H3,(H,16,19). The predicted octanol–water partition coefficient (Wildman–Crippen LogP) is 1.31. The van der Waals surface area contributed by atoms with Crippen LogP contribution >= 0.6 is 0 Å². The number of carbonyl (C=O) groups excluding carboxylic acids is 1. The highest BCUT2D eigenvalue weighted by Gasteiger charge is 2.16. The smallest absolute Gasteiger partial charge is 0.251 e. The van der Waals surface area contributed by atoms with Crippen LogP contribution in [-0.2, 0) is 4.74 Å². The van der Waals surface area contributed by atoms with Gasteiger partial charge in [-0.25, -0.2) is 0 Å². The summed E-state index contributed by atoms with van der Waals surface area (Å²) in [5.41, 5.74) is 0.0256. The lowest BCUT2D eigenvalue weighted by molar-refractivity contribution is 0.0699. The largest absolute Gasteiger partial charge is 0.504 e. The van der Waals surface area contributed by atoms with Crippen LogP contribution in [0.25, 0.3) is 0 Å². The Labute approximate surface area is 124 Å². The Balaban J connectivity index is 2.57. The number of aromatic hydroxyl groups is 1. The molecular weight excluding hydrogens is 274 g/mol. The maximum Gasteiger partial charge on any atom is 0.251 e. The molecule has 0 unspecified atom stereocenters. The van der Waals surface area contributed by atoms with Gasteiger partial charge in [-0.05, 0) is 39.0 Å². The van der Waals surface area contributed by atoms with E-state index in [-0.39, 0.29) is 42.8 Å². The Hall–Kier alpha value is -1.79. The molecule has 0 bridgehead atoms. The number of phenols is 1. The Bertz CT molecular complexity index is 468. The molecule has 0 fully saturated rings. The second-order valence-electron chi connectivity index (χ2n) is 5.57. The maximum atomic E-state index is 11.9. The number of carbonyl (C=O) groups is 1. The van der Waals surface area contributed by atoms with Gasteiger partial charge < -0.3 is 25.0 Å². The van der Waals surface area contributed by atoms with Crippen molar-refractivity contribution in [3.8, 4) is 11.5 Å². The third kappa shape index (κ3) is 6.46. The average Bonchev–Trinajstić information content (AvgIpc) is 2.38. The van der Waals surface area contributed by atoms with Crippen molar-refractivity contribution < 1.29 is 24.5 Å². The fourth-order valence-corrected chi connectivity index (χ4v) is 1.57. The number of amides is 1. The average molecular weight is 297 g/mol. The zero-order valence-corrected chi connectivity index (χ0v) is 12.7. The van der Waals surface area contributed by atoms with Crippen molar-refractivity contribution in [2.75, 3.05) is 26.4 Å². The molecule has 21 heavy (non-hydrogen) atoms. The number of hydrogen-bond acceptors (Lipinski definition) is 5. The monoisotopic (exact) mass is 297 g/mol. The van der Waals surface area contributed by atoms with Crippen LogP contribution in [0.5, 0.6) is 11.5 Å². The third-order valence-electron chi connectivity index (χ3n) is 2.43. The van der Waals surface area contributed by atoms with Gasteiger partial charge >= 0.3 is 0 Å². The minimum absolute atomic E-state index is 0.0389. The van der Waals surface area contributed by atoms with Gasteiger partial charge in [0, 0.05) is 11.1 Å². The summed E-state index contributed by atoms with van der Waals surface area (Å²) in [5.74, 6) is -0.0655. The SMILES string of the molecule is CC(C)(C)NC(=O)c1ccc(OCCOCCO)c(O)c1. The Morgan fingerprint density at radius 3 is 2.52 bits per heavy atom. The number of nitrogens with one attached hydrogen (secondary N) is 1. The first-order chi connectivity index (χ1) is 9.83. The van der Waals surface area contributed by atoms with Crippen LogP contribution in [0.4, 0.5) is 0 Å². The molecule has 0 aliphatic heterocycles. The molecule has 0 aromatic heterocycles. The van der Waals surface area contributed by atoms with E-state index in [0.717, 1.165) is 0 Å². The van der Waals surface area contributed by atoms with Crippen molar-refractivity contribution in [2.45, 2.75) is 26.3 Å². The fraction of sp³-hybridized carbons (Fsp3) is 0.533. The molecule has 0 radical (unpaired) electrons. The molecule has 6 heteroatoms. The number of phenolic OH excluding ortho intramolecular Hbond substituents is 1. The van der Waals surface area contributed by atoms with Crippen LogP contribution in [0.3, 0.4) is 0 Å². The van der Waals surface area contributed by atoms with Gasteiger partial charge in [0.05, 0.1) is 19.8 Å². The van der Waals surface area contributed by atoms with Gasteiger partial charge in [-0.1, -0.05) is 0 Å². The van der Waals surface area contributed by atoms with E-state index >= 15 is 0 Å². The number of hydrogen-bond donors (Lipinski definition) is 3. The predicted molar refractivity (Wildman–Crippen MR) is 78.7 cm³/mol. The van der Waals surface area contributed by atoms with E-state index in [1.165, 1.54) is 6.07 Å². The van der Waals surface area contributed by atoms with E-state index < -0.39 is 0 Å². The van der Waals surface area contributed by atoms with Gasteiger partial charge in [0.25, 0.3) is 5.91 Å². The molecule has 0 aliphatic rings. The first-order valence-electron chi connectivity index (χ1n) is 6.80. The van der Waals surface area contributed by atoms with Crippen LogP contribution in [-0.4, -0.2) is 48.1 Å². The van der Waals surface area contributed by atoms with Crippen molar-refractivity contribution in [2.24, 2.45) is 0 Å². The van der Waals surface area contributed by atoms with Crippen molar-refractivity contribution in [3.63, 3.8) is 0 Å². The Kier molecular flexibility index (Phi) is 6.45. The molecule has 1 rings (SSSR count). The highest BCUT2D eigenvalue weighted by atomic mass is 16.5. The van der Waals surface area contributed by atoms with E-state index in [4.69, 9.17) is 14.6 Å². The molecule has 3 N–H and O–H groups in total. The minimum atomic E-state index is -0.341. The lowest BCUT2D eigenvalue weighted by Gasteiger charge is -2.20. The van der Waals surface area contributed by atoms with E-state index in [2.05, 4.69) is 5.32 Å². The maximum absolute atomic E-state index is 11.9. The quantitative estimate of drug-likeness (QED) is 0.660. The van der Waals surface area contributed by atoms with Crippen LogP contribution in [0.2, 0.25) is 0 Å². The number of rotatable bonds is 7. The second-order valence-corrected chi connectivity index (χ2v) is 5.57. The molecule has 1 amide bonds. The molecule has 1 aromatic rings. The molecule has 0 heterocycles. The third-order valence-corrected chi connectivity index (χ3v) is 2.43. The number of aliphatic hydroxyl groups excluding tert-OH is 1. The first kappa shape index (κ1) is 17.3. The lowest BCUT2D eigenvalue weighted by Crippen LogP contribution is -2.40. The minimum Gasteiger partial charge on any atom is -0.504 e. The topological polar surface area (TPSA) is 88.0 Å². The van der Waals surface area contributed by atoms with Crippen LogP contribution in [0.15, 0.2) is 18.2 Å². The molecule has 0 atom stereocenters. The molecule has 0 saturated heterocycles. The van der Waals surface area contributed by atoms with Gasteiger partial charge in [-0.2, -0.15) is 0 Å². The molecule has 1 aromatic carbocycles. The lowest BCUT2D eigenvalue weighted by atomic mass is 10.1. The van der Waals surface area contributed by atoms with Crippen LogP contribution < -0.4 is 10.1 Å². The van der Waals surface area contributed by atoms with Gasteiger partial charge in [0.1, 0.15) is 6.61 Å². The van der Waals surface area contributed by atoms with E-state index in [1.54, 1.807) is 12.1 Å². The van der Waals surface area contributed by atoms with E-state index in [1.807, 2.05) is 20.8 Å². The van der Waals surface area contributed by atoms with Gasteiger partial charge in [-0.3, -0.25) is 4.79 Å². The summed E-state index contributed by atoms with van der Waals surface area (Å²) in [7, 11) is 0. The summed E-state index contributed by atoms with van der Waals surface area (Å²) >= 11 is 0. The molecule has 0 spiro atoms. The molecule has 0 aliphatic carbocycles. The molecule has 6 nitrogen and oxygen atoms in total.